The highest BCUT2D eigenvalue weighted by Crippen LogP contribution is 2.45. The molecule has 4 heteroatoms. The summed E-state index contributed by atoms with van der Waals surface area (Å²) in [6.07, 6.45) is 0. The summed E-state index contributed by atoms with van der Waals surface area (Å²) in [4.78, 5) is 0. The summed E-state index contributed by atoms with van der Waals surface area (Å²) in [5.41, 5.74) is 17.9. The molecule has 0 radical (unpaired) electrons. The fourth-order valence-corrected chi connectivity index (χ4v) is 9.61. The third-order valence-electron chi connectivity index (χ3n) is 13.6. The predicted molar refractivity (Wildman–Crippen MR) is 275 cm³/mol. The summed E-state index contributed by atoms with van der Waals surface area (Å²) in [5.74, 6) is 0. The summed E-state index contributed by atoms with van der Waals surface area (Å²) in [7, 11) is 0. The molecule has 0 aliphatic heterocycles. The SMILES string of the molecule is Cc1cc(C#N)ccc1-c1ccc(-c2ccc(C#N)cc2-n2c3ccc(C(C)(C)C)cc3c3cc(C(C)(C)C)ccc32)c(-n2c3ccc(C(C)(C)C)cc3c3cc(C(C)(C)C)ccc32)c1. The molecule has 2 heterocycles. The average Bonchev–Trinajstić information content (AvgIpc) is 3.76. The van der Waals surface area contributed by atoms with Gasteiger partial charge in [-0.3, -0.25) is 0 Å². The molecular formula is C61H60N4. The summed E-state index contributed by atoms with van der Waals surface area (Å²) in [6.45, 7) is 29.4. The van der Waals surface area contributed by atoms with E-state index >= 15 is 0 Å². The fourth-order valence-electron chi connectivity index (χ4n) is 9.61. The molecular weight excluding hydrogens is 789 g/mol. The second-order valence-corrected chi connectivity index (χ2v) is 22.3. The van der Waals surface area contributed by atoms with Crippen LogP contribution in [0.15, 0.2) is 127 Å². The Bertz CT molecular complexity index is 3350. The van der Waals surface area contributed by atoms with Gasteiger partial charge in [0.2, 0.25) is 0 Å². The van der Waals surface area contributed by atoms with Gasteiger partial charge in [-0.25, -0.2) is 0 Å². The highest BCUT2D eigenvalue weighted by molar-refractivity contribution is 6.12. The largest absolute Gasteiger partial charge is 0.309 e. The van der Waals surface area contributed by atoms with Crippen molar-refractivity contribution in [3.63, 3.8) is 0 Å². The Morgan fingerprint density at radius 3 is 1.02 bits per heavy atom. The third kappa shape index (κ3) is 7.50. The van der Waals surface area contributed by atoms with Gasteiger partial charge in [-0.05, 0) is 146 Å². The first-order valence-electron chi connectivity index (χ1n) is 23.0. The van der Waals surface area contributed by atoms with Crippen LogP contribution in [0.4, 0.5) is 0 Å². The minimum atomic E-state index is -0.0383. The Balaban J connectivity index is 1.42. The summed E-state index contributed by atoms with van der Waals surface area (Å²) < 4.78 is 4.85. The number of rotatable bonds is 4. The second-order valence-electron chi connectivity index (χ2n) is 22.3. The standard InChI is InChI=1S/C61H60N4/c1-37-28-38(35-62)14-21-45(37)40-16-23-47(57(30-40)65-54-26-19-43(60(8,9)10)33-50(54)51-34-44(61(11,12)13)20-27-55(51)65)46-22-15-39(36-63)29-56(46)64-52-24-17-41(58(2,3)4)31-48(52)49-32-42(59(5,6)7)18-25-53(49)64/h14-34H,1-13H3. The van der Waals surface area contributed by atoms with E-state index in [0.717, 1.165) is 61.3 Å². The number of aryl methyl sites for hydroxylation is 1. The first-order valence-corrected chi connectivity index (χ1v) is 23.0. The van der Waals surface area contributed by atoms with Crippen LogP contribution in [-0.4, -0.2) is 9.13 Å². The lowest BCUT2D eigenvalue weighted by molar-refractivity contribution is 0.590. The van der Waals surface area contributed by atoms with Crippen molar-refractivity contribution < 1.29 is 0 Å². The molecule has 0 aliphatic carbocycles. The third-order valence-corrected chi connectivity index (χ3v) is 13.6. The van der Waals surface area contributed by atoms with Crippen molar-refractivity contribution >= 4 is 43.6 Å². The Morgan fingerprint density at radius 2 is 0.677 bits per heavy atom. The van der Waals surface area contributed by atoms with Gasteiger partial charge >= 0.3 is 0 Å². The number of benzene rings is 7. The lowest BCUT2D eigenvalue weighted by Crippen LogP contribution is -2.10. The lowest BCUT2D eigenvalue weighted by atomic mass is 9.85. The molecule has 0 unspecified atom stereocenters. The van der Waals surface area contributed by atoms with E-state index in [1.54, 1.807) is 0 Å². The van der Waals surface area contributed by atoms with Crippen LogP contribution in [0.3, 0.4) is 0 Å². The average molecular weight is 849 g/mol. The highest BCUT2D eigenvalue weighted by atomic mass is 15.0. The van der Waals surface area contributed by atoms with Crippen LogP contribution >= 0.6 is 0 Å². The van der Waals surface area contributed by atoms with Crippen LogP contribution in [0.1, 0.15) is 122 Å². The molecule has 0 atom stereocenters. The van der Waals surface area contributed by atoms with Gasteiger partial charge in [0.25, 0.3) is 0 Å². The molecule has 7 aromatic carbocycles. The fraction of sp³-hybridized carbons (Fsp3) is 0.279. The zero-order valence-corrected chi connectivity index (χ0v) is 40.4. The van der Waals surface area contributed by atoms with E-state index in [-0.39, 0.29) is 21.7 Å². The van der Waals surface area contributed by atoms with Gasteiger partial charge in [0.1, 0.15) is 0 Å². The van der Waals surface area contributed by atoms with Crippen LogP contribution in [-0.2, 0) is 21.7 Å². The Labute approximate surface area is 385 Å². The van der Waals surface area contributed by atoms with E-state index in [1.807, 2.05) is 18.2 Å². The normalized spacial score (nSPS) is 12.7. The molecule has 9 aromatic rings. The number of fused-ring (bicyclic) bond motifs is 6. The van der Waals surface area contributed by atoms with Crippen molar-refractivity contribution in [2.45, 2.75) is 112 Å². The number of hydrogen-bond donors (Lipinski definition) is 0. The van der Waals surface area contributed by atoms with E-state index < -0.39 is 0 Å². The first-order chi connectivity index (χ1) is 30.6. The molecule has 9 rings (SSSR count). The van der Waals surface area contributed by atoms with Gasteiger partial charge in [-0.15, -0.1) is 0 Å². The number of nitrogens with zero attached hydrogens (tertiary/aromatic N) is 4. The van der Waals surface area contributed by atoms with Crippen LogP contribution in [0, 0.1) is 29.6 Å². The van der Waals surface area contributed by atoms with E-state index in [2.05, 4.69) is 220 Å². The van der Waals surface area contributed by atoms with Crippen molar-refractivity contribution in [3.8, 4) is 45.8 Å². The van der Waals surface area contributed by atoms with Gasteiger partial charge in [-0.2, -0.15) is 10.5 Å². The van der Waals surface area contributed by atoms with Gasteiger partial charge < -0.3 is 9.13 Å². The maximum absolute atomic E-state index is 10.5. The molecule has 0 saturated heterocycles. The molecule has 0 amide bonds. The zero-order chi connectivity index (χ0) is 46.5. The summed E-state index contributed by atoms with van der Waals surface area (Å²) in [6, 6.07) is 51.6. The lowest BCUT2D eigenvalue weighted by Gasteiger charge is -2.22. The van der Waals surface area contributed by atoms with Gasteiger partial charge in [0.15, 0.2) is 0 Å². The number of aromatic nitrogens is 2. The number of hydrogen-bond acceptors (Lipinski definition) is 2. The molecule has 2 aromatic heterocycles. The van der Waals surface area contributed by atoms with E-state index in [9.17, 15) is 10.5 Å². The first kappa shape index (κ1) is 43.4. The smallest absolute Gasteiger partial charge is 0.0992 e. The molecule has 4 nitrogen and oxygen atoms in total. The van der Waals surface area contributed by atoms with Crippen LogP contribution in [0.5, 0.6) is 0 Å². The van der Waals surface area contributed by atoms with Gasteiger partial charge in [0, 0.05) is 32.7 Å². The number of nitriles is 2. The summed E-state index contributed by atoms with van der Waals surface area (Å²) >= 11 is 0. The monoisotopic (exact) mass is 848 g/mol. The second kappa shape index (κ2) is 15.1. The van der Waals surface area contributed by atoms with Crippen molar-refractivity contribution in [2.24, 2.45) is 0 Å². The molecule has 65 heavy (non-hydrogen) atoms. The van der Waals surface area contributed by atoms with Crippen molar-refractivity contribution in [2.75, 3.05) is 0 Å². The maximum atomic E-state index is 10.5. The van der Waals surface area contributed by atoms with E-state index in [4.69, 9.17) is 0 Å². The zero-order valence-electron chi connectivity index (χ0n) is 40.4. The molecule has 0 bridgehead atoms. The molecule has 0 saturated carbocycles. The predicted octanol–water partition coefficient (Wildman–Crippen LogP) is 16.5. The van der Waals surface area contributed by atoms with Crippen molar-refractivity contribution in [1.29, 1.82) is 10.5 Å². The van der Waals surface area contributed by atoms with Crippen molar-refractivity contribution in [3.05, 3.63) is 166 Å². The molecule has 324 valence electrons. The maximum Gasteiger partial charge on any atom is 0.0992 e. The van der Waals surface area contributed by atoms with E-state index in [1.165, 1.54) is 43.8 Å². The van der Waals surface area contributed by atoms with E-state index in [0.29, 0.717) is 11.1 Å². The van der Waals surface area contributed by atoms with Gasteiger partial charge in [0.05, 0.1) is 56.7 Å². The molecule has 0 fully saturated rings. The molecule has 0 aliphatic rings. The van der Waals surface area contributed by atoms with Crippen LogP contribution < -0.4 is 0 Å². The minimum Gasteiger partial charge on any atom is -0.309 e. The Hall–Kier alpha value is -6.88. The molecule has 0 N–H and O–H groups in total. The van der Waals surface area contributed by atoms with Gasteiger partial charge in [-0.1, -0.05) is 132 Å². The highest BCUT2D eigenvalue weighted by Gasteiger charge is 2.26. The Morgan fingerprint density at radius 1 is 0.354 bits per heavy atom. The van der Waals surface area contributed by atoms with Crippen LogP contribution in [0.2, 0.25) is 0 Å². The summed E-state index contributed by atoms with van der Waals surface area (Å²) in [5, 5.41) is 25.2. The Kier molecular flexibility index (Phi) is 10.1. The topological polar surface area (TPSA) is 57.4 Å². The quantitative estimate of drug-likeness (QED) is 0.177. The minimum absolute atomic E-state index is 0.0380. The van der Waals surface area contributed by atoms with Crippen LogP contribution in [0.25, 0.3) is 77.2 Å². The van der Waals surface area contributed by atoms with Crippen molar-refractivity contribution in [1.82, 2.24) is 9.13 Å². The molecule has 0 spiro atoms.